The van der Waals surface area contributed by atoms with Crippen molar-refractivity contribution in [2.45, 2.75) is 44.0 Å². The minimum Gasteiger partial charge on any atom is -0.277 e. The van der Waals surface area contributed by atoms with Gasteiger partial charge in [0.25, 0.3) is 11.8 Å². The molecule has 130 valence electrons. The molecule has 7 heteroatoms. The molecule has 1 aliphatic carbocycles. The second kappa shape index (κ2) is 5.97. The quantitative estimate of drug-likeness (QED) is 0.845. The number of carbonyl (C=O) groups excluding carboxylic acids is 2. The van der Waals surface area contributed by atoms with Crippen molar-refractivity contribution in [3.8, 4) is 0 Å². The fraction of sp³-hybridized carbons (Fsp3) is 0.529. The van der Waals surface area contributed by atoms with Gasteiger partial charge in [-0.25, -0.2) is 13.1 Å². The van der Waals surface area contributed by atoms with Gasteiger partial charge in [0.05, 0.1) is 16.0 Å². The van der Waals surface area contributed by atoms with Gasteiger partial charge in [0, 0.05) is 13.1 Å². The zero-order chi connectivity index (χ0) is 17.6. The predicted octanol–water partition coefficient (Wildman–Crippen LogP) is 2.02. The molecule has 1 heterocycles. The second-order valence-electron chi connectivity index (χ2n) is 6.87. The van der Waals surface area contributed by atoms with Crippen molar-refractivity contribution in [1.29, 1.82) is 0 Å². The van der Waals surface area contributed by atoms with Crippen LogP contribution in [0.15, 0.2) is 23.1 Å². The minimum atomic E-state index is -3.73. The third-order valence-corrected chi connectivity index (χ3v) is 6.87. The summed E-state index contributed by atoms with van der Waals surface area (Å²) in [5.74, 6) is -0.134. The number of nitrogens with zero attached hydrogens (tertiary/aromatic N) is 1. The van der Waals surface area contributed by atoms with E-state index in [1.165, 1.54) is 25.2 Å². The first kappa shape index (κ1) is 17.1. The molecule has 3 atom stereocenters. The average Bonchev–Trinajstić information content (AvgIpc) is 2.76. The molecule has 1 aromatic rings. The Kier molecular flexibility index (Phi) is 4.25. The van der Waals surface area contributed by atoms with Gasteiger partial charge in [-0.05, 0) is 36.5 Å². The smallest absolute Gasteiger partial charge is 0.261 e. The Morgan fingerprint density at radius 1 is 1.08 bits per heavy atom. The van der Waals surface area contributed by atoms with Crippen molar-refractivity contribution in [2.24, 2.45) is 11.8 Å². The first-order valence-electron chi connectivity index (χ1n) is 8.21. The Labute approximate surface area is 142 Å². The van der Waals surface area contributed by atoms with E-state index in [9.17, 15) is 18.0 Å². The lowest BCUT2D eigenvalue weighted by Crippen LogP contribution is -2.43. The molecule has 1 N–H and O–H groups in total. The summed E-state index contributed by atoms with van der Waals surface area (Å²) >= 11 is 0. The maximum absolute atomic E-state index is 12.7. The zero-order valence-corrected chi connectivity index (χ0v) is 14.9. The predicted molar refractivity (Wildman–Crippen MR) is 89.2 cm³/mol. The van der Waals surface area contributed by atoms with Crippen LogP contribution >= 0.6 is 0 Å². The van der Waals surface area contributed by atoms with Gasteiger partial charge in [0.1, 0.15) is 0 Å². The molecular formula is C17H22N2O4S. The lowest BCUT2D eigenvalue weighted by atomic mass is 9.78. The van der Waals surface area contributed by atoms with E-state index in [0.717, 1.165) is 24.2 Å². The summed E-state index contributed by atoms with van der Waals surface area (Å²) in [6, 6.07) is 4.01. The number of fused-ring (bicyclic) bond motifs is 1. The van der Waals surface area contributed by atoms with Crippen LogP contribution < -0.4 is 4.72 Å². The van der Waals surface area contributed by atoms with Gasteiger partial charge in [-0.1, -0.05) is 26.7 Å². The molecule has 2 aliphatic rings. The maximum atomic E-state index is 12.7. The fourth-order valence-electron chi connectivity index (χ4n) is 3.52. The normalized spacial score (nSPS) is 27.5. The van der Waals surface area contributed by atoms with Crippen molar-refractivity contribution in [3.05, 3.63) is 29.3 Å². The minimum absolute atomic E-state index is 0.0307. The first-order valence-corrected chi connectivity index (χ1v) is 9.69. The summed E-state index contributed by atoms with van der Waals surface area (Å²) in [6.45, 7) is 4.21. The van der Waals surface area contributed by atoms with E-state index in [-0.39, 0.29) is 28.0 Å². The van der Waals surface area contributed by atoms with Gasteiger partial charge in [-0.2, -0.15) is 0 Å². The summed E-state index contributed by atoms with van der Waals surface area (Å²) in [5, 5.41) is 0. The number of rotatable bonds is 3. The third kappa shape index (κ3) is 2.75. The maximum Gasteiger partial charge on any atom is 0.261 e. The summed E-state index contributed by atoms with van der Waals surface area (Å²) < 4.78 is 28.2. The van der Waals surface area contributed by atoms with Crippen LogP contribution in [0, 0.1) is 11.8 Å². The molecule has 6 nitrogen and oxygen atoms in total. The Hall–Kier alpha value is -1.73. The highest BCUT2D eigenvalue weighted by atomic mass is 32.2. The summed E-state index contributed by atoms with van der Waals surface area (Å²) in [6.07, 6.45) is 2.93. The summed E-state index contributed by atoms with van der Waals surface area (Å²) in [5.41, 5.74) is 0.400. The molecule has 0 spiro atoms. The van der Waals surface area contributed by atoms with E-state index < -0.39 is 21.8 Å². The molecule has 0 saturated heterocycles. The van der Waals surface area contributed by atoms with Crippen LogP contribution in [0.5, 0.6) is 0 Å². The van der Waals surface area contributed by atoms with E-state index in [1.54, 1.807) is 0 Å². The van der Waals surface area contributed by atoms with Gasteiger partial charge in [-0.3, -0.25) is 14.5 Å². The number of sulfonamides is 1. The van der Waals surface area contributed by atoms with Gasteiger partial charge in [-0.15, -0.1) is 0 Å². The van der Waals surface area contributed by atoms with Crippen molar-refractivity contribution in [3.63, 3.8) is 0 Å². The van der Waals surface area contributed by atoms with Gasteiger partial charge in [0.2, 0.25) is 10.0 Å². The Morgan fingerprint density at radius 3 is 2.46 bits per heavy atom. The number of imide groups is 1. The van der Waals surface area contributed by atoms with Crippen molar-refractivity contribution < 1.29 is 18.0 Å². The van der Waals surface area contributed by atoms with E-state index in [1.807, 2.05) is 0 Å². The number of carbonyl (C=O) groups is 2. The highest BCUT2D eigenvalue weighted by Crippen LogP contribution is 2.31. The number of amides is 2. The molecular weight excluding hydrogens is 328 g/mol. The van der Waals surface area contributed by atoms with Crippen molar-refractivity contribution in [1.82, 2.24) is 9.62 Å². The second-order valence-corrected chi connectivity index (χ2v) is 8.59. The Balaban J connectivity index is 1.89. The van der Waals surface area contributed by atoms with Crippen LogP contribution in [0.4, 0.5) is 0 Å². The van der Waals surface area contributed by atoms with E-state index in [0.29, 0.717) is 5.92 Å². The topological polar surface area (TPSA) is 83.6 Å². The standard InChI is InChI=1S/C17H22N2O4S/c1-10-5-4-6-15(11(10)2)18-24(22,23)12-7-8-13-14(9-12)17(21)19(3)16(13)20/h7-11,15,18H,4-6H2,1-3H3. The van der Waals surface area contributed by atoms with Crippen LogP contribution in [0.3, 0.4) is 0 Å². The molecule has 0 radical (unpaired) electrons. The van der Waals surface area contributed by atoms with Gasteiger partial charge < -0.3 is 0 Å². The Bertz CT molecular complexity index is 803. The third-order valence-electron chi connectivity index (χ3n) is 5.38. The van der Waals surface area contributed by atoms with Crippen LogP contribution in [-0.4, -0.2) is 38.2 Å². The summed E-state index contributed by atoms with van der Waals surface area (Å²) in [4.78, 5) is 25.0. The van der Waals surface area contributed by atoms with Gasteiger partial charge in [0.15, 0.2) is 0 Å². The van der Waals surface area contributed by atoms with Gasteiger partial charge >= 0.3 is 0 Å². The van der Waals surface area contributed by atoms with Crippen molar-refractivity contribution >= 4 is 21.8 Å². The molecule has 1 aromatic carbocycles. The highest BCUT2D eigenvalue weighted by molar-refractivity contribution is 7.89. The Morgan fingerprint density at radius 2 is 1.75 bits per heavy atom. The molecule has 2 amide bonds. The number of hydrogen-bond acceptors (Lipinski definition) is 4. The number of hydrogen-bond donors (Lipinski definition) is 1. The largest absolute Gasteiger partial charge is 0.277 e. The van der Waals surface area contributed by atoms with Crippen molar-refractivity contribution in [2.75, 3.05) is 7.05 Å². The number of benzene rings is 1. The van der Waals surface area contributed by atoms with E-state index in [2.05, 4.69) is 18.6 Å². The van der Waals surface area contributed by atoms with Crippen LogP contribution in [0.1, 0.15) is 53.8 Å². The molecule has 1 saturated carbocycles. The highest BCUT2D eigenvalue weighted by Gasteiger charge is 2.35. The van der Waals surface area contributed by atoms with E-state index in [4.69, 9.17) is 0 Å². The fourth-order valence-corrected chi connectivity index (χ4v) is 4.91. The van der Waals surface area contributed by atoms with Crippen LogP contribution in [-0.2, 0) is 10.0 Å². The average molecular weight is 350 g/mol. The van der Waals surface area contributed by atoms with Crippen LogP contribution in [0.25, 0.3) is 0 Å². The zero-order valence-electron chi connectivity index (χ0n) is 14.1. The lowest BCUT2D eigenvalue weighted by molar-refractivity contribution is 0.0693. The molecule has 24 heavy (non-hydrogen) atoms. The monoisotopic (exact) mass is 350 g/mol. The lowest BCUT2D eigenvalue weighted by Gasteiger charge is -2.34. The van der Waals surface area contributed by atoms with Crippen LogP contribution in [0.2, 0.25) is 0 Å². The summed E-state index contributed by atoms with van der Waals surface area (Å²) in [7, 11) is -2.34. The molecule has 1 fully saturated rings. The number of nitrogens with one attached hydrogen (secondary N) is 1. The molecule has 3 rings (SSSR count). The molecule has 0 aromatic heterocycles. The molecule has 3 unspecified atom stereocenters. The molecule has 1 aliphatic heterocycles. The van der Waals surface area contributed by atoms with E-state index >= 15 is 0 Å². The first-order chi connectivity index (χ1) is 11.2. The molecule has 0 bridgehead atoms. The SMILES string of the molecule is CC1CCCC(NS(=O)(=O)c2ccc3c(c2)C(=O)N(C)C3=O)C1C.